The van der Waals surface area contributed by atoms with E-state index >= 15 is 0 Å². The van der Waals surface area contributed by atoms with Crippen LogP contribution in [0.2, 0.25) is 0 Å². The normalized spacial score (nSPS) is 17.9. The first-order chi connectivity index (χ1) is 12.4. The Morgan fingerprint density at radius 1 is 1.15 bits per heavy atom. The number of carbonyl (C=O) groups is 2. The third-order valence-electron chi connectivity index (χ3n) is 4.75. The Balaban J connectivity index is 1.94. The molecule has 1 fully saturated rings. The molecular weight excluding hydrogens is 334 g/mol. The van der Waals surface area contributed by atoms with Gasteiger partial charge in [-0.1, -0.05) is 27.7 Å². The van der Waals surface area contributed by atoms with E-state index in [1.54, 1.807) is 12.1 Å². The maximum absolute atomic E-state index is 12.7. The van der Waals surface area contributed by atoms with Crippen molar-refractivity contribution in [3.05, 3.63) is 24.2 Å². The SMILES string of the molecule is CC(C)C(NC(=O)c1ccco1)C(=O)NCC(C(C)C)N1CCOCC1. The first kappa shape index (κ1) is 20.5. The quantitative estimate of drug-likeness (QED) is 0.729. The Morgan fingerprint density at radius 2 is 1.85 bits per heavy atom. The van der Waals surface area contributed by atoms with Gasteiger partial charge in [0.15, 0.2) is 5.76 Å². The standard InChI is InChI=1S/C19H31N3O4/c1-13(2)15(22-7-10-25-11-8-22)12-20-19(24)17(14(3)4)21-18(23)16-6-5-9-26-16/h5-6,9,13-15,17H,7-8,10-12H2,1-4H3,(H,20,24)(H,21,23). The van der Waals surface area contributed by atoms with Gasteiger partial charge in [0.1, 0.15) is 6.04 Å². The van der Waals surface area contributed by atoms with Gasteiger partial charge in [-0.3, -0.25) is 14.5 Å². The molecule has 0 bridgehead atoms. The predicted octanol–water partition coefficient (Wildman–Crippen LogP) is 1.51. The van der Waals surface area contributed by atoms with Crippen molar-refractivity contribution in [1.29, 1.82) is 0 Å². The molecule has 2 N–H and O–H groups in total. The van der Waals surface area contributed by atoms with Crippen LogP contribution in [0.3, 0.4) is 0 Å². The summed E-state index contributed by atoms with van der Waals surface area (Å²) in [5.74, 6) is 0.0338. The molecule has 26 heavy (non-hydrogen) atoms. The molecule has 2 atom stereocenters. The summed E-state index contributed by atoms with van der Waals surface area (Å²) in [7, 11) is 0. The molecule has 1 aliphatic rings. The summed E-state index contributed by atoms with van der Waals surface area (Å²) in [4.78, 5) is 27.3. The van der Waals surface area contributed by atoms with Crippen LogP contribution in [0.15, 0.2) is 22.8 Å². The van der Waals surface area contributed by atoms with Crippen LogP contribution >= 0.6 is 0 Å². The van der Waals surface area contributed by atoms with Crippen LogP contribution < -0.4 is 10.6 Å². The maximum atomic E-state index is 12.7. The van der Waals surface area contributed by atoms with E-state index in [2.05, 4.69) is 29.4 Å². The fraction of sp³-hybridized carbons (Fsp3) is 0.684. The van der Waals surface area contributed by atoms with Crippen molar-refractivity contribution in [3.63, 3.8) is 0 Å². The lowest BCUT2D eigenvalue weighted by molar-refractivity contribution is -0.124. The van der Waals surface area contributed by atoms with Crippen LogP contribution in [-0.4, -0.2) is 61.6 Å². The van der Waals surface area contributed by atoms with Gasteiger partial charge in [-0.2, -0.15) is 0 Å². The Labute approximate surface area is 155 Å². The number of carbonyl (C=O) groups excluding carboxylic acids is 2. The fourth-order valence-corrected chi connectivity index (χ4v) is 3.17. The molecule has 0 saturated carbocycles. The van der Waals surface area contributed by atoms with E-state index in [4.69, 9.17) is 9.15 Å². The molecule has 0 spiro atoms. The van der Waals surface area contributed by atoms with Gasteiger partial charge in [0.2, 0.25) is 5.91 Å². The van der Waals surface area contributed by atoms with Crippen LogP contribution in [-0.2, 0) is 9.53 Å². The highest BCUT2D eigenvalue weighted by Gasteiger charge is 2.28. The second-order valence-electron chi connectivity index (χ2n) is 7.38. The van der Waals surface area contributed by atoms with Crippen LogP contribution in [0.25, 0.3) is 0 Å². The minimum Gasteiger partial charge on any atom is -0.459 e. The molecule has 1 aliphatic heterocycles. The smallest absolute Gasteiger partial charge is 0.287 e. The van der Waals surface area contributed by atoms with Crippen molar-refractivity contribution in [2.75, 3.05) is 32.8 Å². The molecular formula is C19H31N3O4. The van der Waals surface area contributed by atoms with Crippen molar-refractivity contribution < 1.29 is 18.7 Å². The minimum atomic E-state index is -0.606. The third-order valence-corrected chi connectivity index (χ3v) is 4.75. The van der Waals surface area contributed by atoms with Crippen molar-refractivity contribution in [3.8, 4) is 0 Å². The third kappa shape index (κ3) is 5.57. The first-order valence-electron chi connectivity index (χ1n) is 9.34. The topological polar surface area (TPSA) is 83.8 Å². The molecule has 1 saturated heterocycles. The number of nitrogens with zero attached hydrogens (tertiary/aromatic N) is 1. The zero-order valence-corrected chi connectivity index (χ0v) is 16.2. The molecule has 1 aromatic rings. The number of hydrogen-bond acceptors (Lipinski definition) is 5. The largest absolute Gasteiger partial charge is 0.459 e. The van der Waals surface area contributed by atoms with Crippen LogP contribution in [0.1, 0.15) is 38.2 Å². The number of hydrogen-bond donors (Lipinski definition) is 2. The van der Waals surface area contributed by atoms with Crippen molar-refractivity contribution in [1.82, 2.24) is 15.5 Å². The van der Waals surface area contributed by atoms with Gasteiger partial charge >= 0.3 is 0 Å². The number of amides is 2. The highest BCUT2D eigenvalue weighted by atomic mass is 16.5. The van der Waals surface area contributed by atoms with Gasteiger partial charge in [-0.15, -0.1) is 0 Å². The van der Waals surface area contributed by atoms with Gasteiger partial charge in [-0.05, 0) is 24.0 Å². The highest BCUT2D eigenvalue weighted by Crippen LogP contribution is 2.13. The predicted molar refractivity (Wildman–Crippen MR) is 98.8 cm³/mol. The number of furan rings is 1. The Kier molecular flexibility index (Phi) is 7.66. The molecule has 2 rings (SSSR count). The van der Waals surface area contributed by atoms with E-state index in [0.717, 1.165) is 26.3 Å². The van der Waals surface area contributed by atoms with E-state index < -0.39 is 6.04 Å². The van der Waals surface area contributed by atoms with Gasteiger partial charge < -0.3 is 19.8 Å². The van der Waals surface area contributed by atoms with Crippen LogP contribution in [0, 0.1) is 11.8 Å². The van der Waals surface area contributed by atoms with Crippen LogP contribution in [0.4, 0.5) is 0 Å². The molecule has 0 aliphatic carbocycles. The van der Waals surface area contributed by atoms with E-state index in [-0.39, 0.29) is 29.5 Å². The van der Waals surface area contributed by atoms with Crippen molar-refractivity contribution in [2.45, 2.75) is 39.8 Å². The summed E-state index contributed by atoms with van der Waals surface area (Å²) in [6.45, 7) is 11.9. The van der Waals surface area contributed by atoms with Crippen molar-refractivity contribution in [2.24, 2.45) is 11.8 Å². The average Bonchev–Trinajstić information content (AvgIpc) is 3.14. The zero-order valence-electron chi connectivity index (χ0n) is 16.2. The zero-order chi connectivity index (χ0) is 19.1. The summed E-state index contributed by atoms with van der Waals surface area (Å²) in [6.07, 6.45) is 1.44. The maximum Gasteiger partial charge on any atom is 0.287 e. The minimum absolute atomic E-state index is 0.0326. The lowest BCUT2D eigenvalue weighted by Crippen LogP contribution is -2.55. The lowest BCUT2D eigenvalue weighted by Gasteiger charge is -2.37. The number of morpholine rings is 1. The Hall–Kier alpha value is -1.86. The molecule has 1 aromatic heterocycles. The van der Waals surface area contributed by atoms with Gasteiger partial charge in [0.25, 0.3) is 5.91 Å². The molecule has 7 nitrogen and oxygen atoms in total. The van der Waals surface area contributed by atoms with Crippen molar-refractivity contribution >= 4 is 11.8 Å². The summed E-state index contributed by atoms with van der Waals surface area (Å²) in [6, 6.07) is 2.87. The van der Waals surface area contributed by atoms with Gasteiger partial charge in [0, 0.05) is 25.7 Å². The molecule has 2 unspecified atom stereocenters. The summed E-state index contributed by atoms with van der Waals surface area (Å²) >= 11 is 0. The second-order valence-corrected chi connectivity index (χ2v) is 7.38. The van der Waals surface area contributed by atoms with E-state index in [1.165, 1.54) is 6.26 Å². The number of nitrogens with one attached hydrogen (secondary N) is 2. The average molecular weight is 365 g/mol. The lowest BCUT2D eigenvalue weighted by atomic mass is 10.00. The fourth-order valence-electron chi connectivity index (χ4n) is 3.17. The Bertz CT molecular complexity index is 565. The summed E-state index contributed by atoms with van der Waals surface area (Å²) in [5, 5.41) is 5.80. The number of rotatable bonds is 8. The molecule has 0 aromatic carbocycles. The second kappa shape index (κ2) is 9.73. The van der Waals surface area contributed by atoms with E-state index in [1.807, 2.05) is 13.8 Å². The van der Waals surface area contributed by atoms with Crippen LogP contribution in [0.5, 0.6) is 0 Å². The molecule has 7 heteroatoms. The molecule has 2 amide bonds. The Morgan fingerprint density at radius 3 is 2.38 bits per heavy atom. The highest BCUT2D eigenvalue weighted by molar-refractivity contribution is 5.95. The summed E-state index contributed by atoms with van der Waals surface area (Å²) in [5.41, 5.74) is 0. The molecule has 146 valence electrons. The van der Waals surface area contributed by atoms with E-state index in [9.17, 15) is 9.59 Å². The van der Waals surface area contributed by atoms with Gasteiger partial charge in [-0.25, -0.2) is 0 Å². The monoisotopic (exact) mass is 365 g/mol. The number of ether oxygens (including phenoxy) is 1. The first-order valence-corrected chi connectivity index (χ1v) is 9.34. The molecule has 2 heterocycles. The molecule has 0 radical (unpaired) electrons. The van der Waals surface area contributed by atoms with Gasteiger partial charge in [0.05, 0.1) is 19.5 Å². The summed E-state index contributed by atoms with van der Waals surface area (Å²) < 4.78 is 10.5. The van der Waals surface area contributed by atoms with E-state index in [0.29, 0.717) is 12.5 Å².